The number of nitrogens with two attached hydrogens (primary N) is 1. The first-order chi connectivity index (χ1) is 9.11. The van der Waals surface area contributed by atoms with E-state index in [1.165, 1.54) is 0 Å². The van der Waals surface area contributed by atoms with Crippen molar-refractivity contribution >= 4 is 17.3 Å². The lowest BCUT2D eigenvalue weighted by molar-refractivity contribution is 0.0527. The van der Waals surface area contributed by atoms with Crippen molar-refractivity contribution in [1.29, 1.82) is 0 Å². The second-order valence-corrected chi connectivity index (χ2v) is 5.57. The van der Waals surface area contributed by atoms with Gasteiger partial charge in [0.25, 0.3) is 0 Å². The summed E-state index contributed by atoms with van der Waals surface area (Å²) >= 11 is 6.39. The van der Waals surface area contributed by atoms with Crippen LogP contribution in [0.5, 0.6) is 0 Å². The van der Waals surface area contributed by atoms with Crippen molar-refractivity contribution in [2.45, 2.75) is 38.8 Å². The molecule has 1 aromatic carbocycles. The number of nitrogens with zero attached hydrogens (tertiary/aromatic N) is 1. The molecule has 1 unspecified atom stereocenters. The topological polar surface area (TPSA) is 38.5 Å². The van der Waals surface area contributed by atoms with Crippen LogP contribution in [0, 0.1) is 0 Å². The Kier molecular flexibility index (Phi) is 5.08. The Morgan fingerprint density at radius 2 is 2.32 bits per heavy atom. The van der Waals surface area contributed by atoms with Gasteiger partial charge in [-0.3, -0.25) is 0 Å². The smallest absolute Gasteiger partial charge is 0.0750 e. The molecule has 1 aliphatic rings. The number of rotatable bonds is 4. The SMILES string of the molecule is CCOC1CCCN(c2ccc([C@H](C)N)cc2Cl)C1. The number of halogens is 1. The molecule has 0 aromatic heterocycles. The van der Waals surface area contributed by atoms with Gasteiger partial charge in [-0.2, -0.15) is 0 Å². The van der Waals surface area contributed by atoms with Gasteiger partial charge in [0.1, 0.15) is 0 Å². The molecule has 1 aliphatic heterocycles. The van der Waals surface area contributed by atoms with Crippen molar-refractivity contribution in [3.63, 3.8) is 0 Å². The Hall–Kier alpha value is -0.770. The Labute approximate surface area is 120 Å². The monoisotopic (exact) mass is 282 g/mol. The van der Waals surface area contributed by atoms with Crippen LogP contribution in [0.15, 0.2) is 18.2 Å². The average Bonchev–Trinajstić information content (AvgIpc) is 2.39. The van der Waals surface area contributed by atoms with Gasteiger partial charge in [0.05, 0.1) is 16.8 Å². The van der Waals surface area contributed by atoms with Crippen LogP contribution in [0.3, 0.4) is 0 Å². The van der Waals surface area contributed by atoms with Gasteiger partial charge in [0.15, 0.2) is 0 Å². The Bertz CT molecular complexity index is 421. The van der Waals surface area contributed by atoms with E-state index in [-0.39, 0.29) is 6.04 Å². The molecular weight excluding hydrogens is 260 g/mol. The van der Waals surface area contributed by atoms with Crippen LogP contribution in [-0.2, 0) is 4.74 Å². The third-order valence-corrected chi connectivity index (χ3v) is 3.92. The molecule has 0 amide bonds. The summed E-state index contributed by atoms with van der Waals surface area (Å²) in [6.45, 7) is 6.75. The molecule has 2 atom stereocenters. The highest BCUT2D eigenvalue weighted by molar-refractivity contribution is 6.33. The van der Waals surface area contributed by atoms with Crippen LogP contribution in [0.4, 0.5) is 5.69 Å². The number of benzene rings is 1. The van der Waals surface area contributed by atoms with E-state index in [0.717, 1.165) is 48.8 Å². The molecule has 2 rings (SSSR count). The minimum absolute atomic E-state index is 0.0177. The van der Waals surface area contributed by atoms with Crippen LogP contribution >= 0.6 is 11.6 Å². The normalized spacial score (nSPS) is 21.5. The van der Waals surface area contributed by atoms with Crippen LogP contribution < -0.4 is 10.6 Å². The summed E-state index contributed by atoms with van der Waals surface area (Å²) in [7, 11) is 0. The van der Waals surface area contributed by atoms with Gasteiger partial charge in [-0.15, -0.1) is 0 Å². The predicted molar refractivity (Wildman–Crippen MR) is 80.9 cm³/mol. The highest BCUT2D eigenvalue weighted by Gasteiger charge is 2.21. The van der Waals surface area contributed by atoms with Crippen LogP contribution in [0.2, 0.25) is 5.02 Å². The summed E-state index contributed by atoms with van der Waals surface area (Å²) < 4.78 is 5.73. The molecule has 3 nitrogen and oxygen atoms in total. The maximum absolute atomic E-state index is 6.39. The number of piperidine rings is 1. The summed E-state index contributed by atoms with van der Waals surface area (Å²) in [6, 6.07) is 6.14. The van der Waals surface area contributed by atoms with Crippen molar-refractivity contribution in [2.75, 3.05) is 24.6 Å². The molecule has 1 heterocycles. The lowest BCUT2D eigenvalue weighted by atomic mass is 10.1. The summed E-state index contributed by atoms with van der Waals surface area (Å²) in [5, 5.41) is 0.784. The first-order valence-electron chi connectivity index (χ1n) is 7.03. The van der Waals surface area contributed by atoms with Gasteiger partial charge in [-0.05, 0) is 44.4 Å². The van der Waals surface area contributed by atoms with Crippen molar-refractivity contribution in [1.82, 2.24) is 0 Å². The lowest BCUT2D eigenvalue weighted by Gasteiger charge is -2.34. The molecule has 1 saturated heterocycles. The zero-order valence-electron chi connectivity index (χ0n) is 11.7. The van der Waals surface area contributed by atoms with Crippen molar-refractivity contribution < 1.29 is 4.74 Å². The van der Waals surface area contributed by atoms with E-state index in [2.05, 4.69) is 17.0 Å². The maximum atomic E-state index is 6.39. The lowest BCUT2D eigenvalue weighted by Crippen LogP contribution is -2.39. The van der Waals surface area contributed by atoms with E-state index < -0.39 is 0 Å². The van der Waals surface area contributed by atoms with Gasteiger partial charge < -0.3 is 15.4 Å². The first kappa shape index (κ1) is 14.6. The van der Waals surface area contributed by atoms with Crippen LogP contribution in [0.1, 0.15) is 38.3 Å². The minimum atomic E-state index is 0.0177. The van der Waals surface area contributed by atoms with Crippen LogP contribution in [-0.4, -0.2) is 25.8 Å². The summed E-state index contributed by atoms with van der Waals surface area (Å²) in [5.41, 5.74) is 8.05. The van der Waals surface area contributed by atoms with E-state index in [1.54, 1.807) is 0 Å². The minimum Gasteiger partial charge on any atom is -0.377 e. The summed E-state index contributed by atoms with van der Waals surface area (Å²) in [6.07, 6.45) is 2.61. The maximum Gasteiger partial charge on any atom is 0.0750 e. The number of hydrogen-bond donors (Lipinski definition) is 1. The molecule has 0 radical (unpaired) electrons. The molecule has 19 heavy (non-hydrogen) atoms. The number of ether oxygens (including phenoxy) is 1. The fourth-order valence-electron chi connectivity index (χ4n) is 2.59. The quantitative estimate of drug-likeness (QED) is 0.920. The highest BCUT2D eigenvalue weighted by Crippen LogP contribution is 2.31. The van der Waals surface area contributed by atoms with Gasteiger partial charge in [0.2, 0.25) is 0 Å². The van der Waals surface area contributed by atoms with Crippen molar-refractivity contribution in [3.05, 3.63) is 28.8 Å². The molecule has 0 bridgehead atoms. The summed E-state index contributed by atoms with van der Waals surface area (Å²) in [4.78, 5) is 2.32. The predicted octanol–water partition coefficient (Wildman–Crippen LogP) is 3.37. The van der Waals surface area contributed by atoms with Gasteiger partial charge in [-0.1, -0.05) is 17.7 Å². The standard InChI is InChI=1S/C15H23ClN2O/c1-3-19-13-5-4-8-18(10-13)15-7-6-12(11(2)17)9-14(15)16/h6-7,9,11,13H,3-5,8,10,17H2,1-2H3/t11-,13?/m0/s1. The van der Waals surface area contributed by atoms with Gasteiger partial charge >= 0.3 is 0 Å². The number of hydrogen-bond acceptors (Lipinski definition) is 3. The third-order valence-electron chi connectivity index (χ3n) is 3.62. The zero-order chi connectivity index (χ0) is 13.8. The van der Waals surface area contributed by atoms with E-state index in [9.17, 15) is 0 Å². The fourth-order valence-corrected chi connectivity index (χ4v) is 2.90. The Morgan fingerprint density at radius 3 is 2.95 bits per heavy atom. The molecule has 2 N–H and O–H groups in total. The molecule has 106 valence electrons. The van der Waals surface area contributed by atoms with Gasteiger partial charge in [-0.25, -0.2) is 0 Å². The van der Waals surface area contributed by atoms with Crippen molar-refractivity contribution in [3.8, 4) is 0 Å². The third kappa shape index (κ3) is 3.62. The van der Waals surface area contributed by atoms with E-state index >= 15 is 0 Å². The van der Waals surface area contributed by atoms with E-state index in [4.69, 9.17) is 22.1 Å². The van der Waals surface area contributed by atoms with Gasteiger partial charge in [0, 0.05) is 25.7 Å². The molecule has 1 aromatic rings. The second kappa shape index (κ2) is 6.60. The Balaban J connectivity index is 2.12. The molecule has 0 saturated carbocycles. The zero-order valence-corrected chi connectivity index (χ0v) is 12.5. The average molecular weight is 283 g/mol. The summed E-state index contributed by atoms with van der Waals surface area (Å²) in [5.74, 6) is 0. The molecule has 1 fully saturated rings. The Morgan fingerprint density at radius 1 is 1.53 bits per heavy atom. The molecular formula is C15H23ClN2O. The van der Waals surface area contributed by atoms with E-state index in [0.29, 0.717) is 6.10 Å². The van der Waals surface area contributed by atoms with E-state index in [1.807, 2.05) is 19.9 Å². The first-order valence-corrected chi connectivity index (χ1v) is 7.41. The van der Waals surface area contributed by atoms with Crippen molar-refractivity contribution in [2.24, 2.45) is 5.73 Å². The van der Waals surface area contributed by atoms with Crippen LogP contribution in [0.25, 0.3) is 0 Å². The fraction of sp³-hybridized carbons (Fsp3) is 0.600. The molecule has 0 aliphatic carbocycles. The second-order valence-electron chi connectivity index (χ2n) is 5.17. The number of anilines is 1. The highest BCUT2D eigenvalue weighted by atomic mass is 35.5. The largest absolute Gasteiger partial charge is 0.377 e. The molecule has 0 spiro atoms. The molecule has 4 heteroatoms.